The highest BCUT2D eigenvalue weighted by atomic mass is 32.1. The Morgan fingerprint density at radius 2 is 2.29 bits per heavy atom. The molecule has 2 heterocycles. The molecule has 0 amide bonds. The second kappa shape index (κ2) is 6.67. The zero-order valence-corrected chi connectivity index (χ0v) is 14.0. The summed E-state index contributed by atoms with van der Waals surface area (Å²) in [6, 6.07) is 2.65. The van der Waals surface area contributed by atoms with Crippen molar-refractivity contribution in [3.8, 4) is 5.75 Å². The van der Waals surface area contributed by atoms with E-state index in [1.165, 1.54) is 43.4 Å². The molecule has 1 aromatic rings. The smallest absolute Gasteiger partial charge is 0.129 e. The topological polar surface area (TPSA) is 30.5 Å². The fraction of sp³-hybridized carbons (Fsp3) is 0.765. The maximum atomic E-state index is 6.20. The van der Waals surface area contributed by atoms with Gasteiger partial charge in [0.15, 0.2) is 0 Å². The van der Waals surface area contributed by atoms with Crippen molar-refractivity contribution in [2.24, 2.45) is 5.92 Å². The van der Waals surface area contributed by atoms with E-state index in [4.69, 9.17) is 9.47 Å². The Morgan fingerprint density at radius 1 is 1.48 bits per heavy atom. The third kappa shape index (κ3) is 3.27. The lowest BCUT2D eigenvalue weighted by atomic mass is 9.80. The summed E-state index contributed by atoms with van der Waals surface area (Å²) in [6.07, 6.45) is 7.58. The molecular weight excluding hydrogens is 282 g/mol. The van der Waals surface area contributed by atoms with Crippen LogP contribution in [0.15, 0.2) is 11.4 Å². The Morgan fingerprint density at radius 3 is 2.95 bits per heavy atom. The molecule has 21 heavy (non-hydrogen) atoms. The molecular formula is C17H27NO2S. The van der Waals surface area contributed by atoms with E-state index >= 15 is 0 Å². The van der Waals surface area contributed by atoms with Crippen LogP contribution in [0.5, 0.6) is 5.75 Å². The molecule has 1 N–H and O–H groups in total. The van der Waals surface area contributed by atoms with Crippen LogP contribution in [-0.4, -0.2) is 25.9 Å². The first-order chi connectivity index (χ1) is 10.3. The summed E-state index contributed by atoms with van der Waals surface area (Å²) in [5, 5.41) is 5.83. The van der Waals surface area contributed by atoms with Crippen molar-refractivity contribution >= 4 is 11.3 Å². The van der Waals surface area contributed by atoms with E-state index in [2.05, 4.69) is 23.7 Å². The fourth-order valence-corrected chi connectivity index (χ4v) is 5.07. The molecule has 1 spiro atoms. The van der Waals surface area contributed by atoms with Gasteiger partial charge >= 0.3 is 0 Å². The van der Waals surface area contributed by atoms with Gasteiger partial charge in [-0.3, -0.25) is 0 Å². The second-order valence-corrected chi connectivity index (χ2v) is 7.36. The van der Waals surface area contributed by atoms with Crippen LogP contribution in [-0.2, 0) is 4.74 Å². The maximum Gasteiger partial charge on any atom is 0.129 e. The molecule has 1 saturated carbocycles. The van der Waals surface area contributed by atoms with E-state index in [1.54, 1.807) is 7.11 Å². The summed E-state index contributed by atoms with van der Waals surface area (Å²) in [4.78, 5) is 1.41. The average Bonchev–Trinajstić information content (AvgIpc) is 3.14. The van der Waals surface area contributed by atoms with Gasteiger partial charge in [-0.05, 0) is 44.2 Å². The number of thiophene rings is 1. The molecule has 118 valence electrons. The maximum absolute atomic E-state index is 6.20. The summed E-state index contributed by atoms with van der Waals surface area (Å²) in [5.74, 6) is 1.67. The van der Waals surface area contributed by atoms with Gasteiger partial charge < -0.3 is 14.8 Å². The van der Waals surface area contributed by atoms with Gasteiger partial charge in [0.1, 0.15) is 5.75 Å². The molecule has 2 fully saturated rings. The number of hydrogen-bond acceptors (Lipinski definition) is 4. The summed E-state index contributed by atoms with van der Waals surface area (Å²) in [7, 11) is 1.75. The van der Waals surface area contributed by atoms with Crippen molar-refractivity contribution in [1.29, 1.82) is 0 Å². The van der Waals surface area contributed by atoms with Crippen LogP contribution in [0.2, 0.25) is 0 Å². The first-order valence-electron chi connectivity index (χ1n) is 8.26. The van der Waals surface area contributed by atoms with Gasteiger partial charge in [-0.15, -0.1) is 11.3 Å². The van der Waals surface area contributed by atoms with Crippen molar-refractivity contribution in [3.05, 3.63) is 16.3 Å². The first kappa shape index (κ1) is 15.3. The van der Waals surface area contributed by atoms with Gasteiger partial charge in [0.25, 0.3) is 0 Å². The monoisotopic (exact) mass is 309 g/mol. The van der Waals surface area contributed by atoms with Crippen LogP contribution in [0.4, 0.5) is 0 Å². The SMILES string of the molecule is CCNC(c1cc(OC)cs1)C1CCOC2(CCCC2)C1. The van der Waals surface area contributed by atoms with Crippen LogP contribution in [0.25, 0.3) is 0 Å². The van der Waals surface area contributed by atoms with Crippen LogP contribution in [0, 0.1) is 5.92 Å². The van der Waals surface area contributed by atoms with Crippen LogP contribution < -0.4 is 10.1 Å². The van der Waals surface area contributed by atoms with Gasteiger partial charge in [0.05, 0.1) is 12.7 Å². The number of methoxy groups -OCH3 is 1. The molecule has 1 aromatic heterocycles. The molecule has 3 rings (SSSR count). The minimum absolute atomic E-state index is 0.192. The number of rotatable bonds is 5. The molecule has 2 unspecified atom stereocenters. The van der Waals surface area contributed by atoms with E-state index in [0.29, 0.717) is 12.0 Å². The molecule has 4 heteroatoms. The Labute approximate surface area is 132 Å². The lowest BCUT2D eigenvalue weighted by Crippen LogP contribution is -2.41. The predicted molar refractivity (Wildman–Crippen MR) is 87.2 cm³/mol. The van der Waals surface area contributed by atoms with E-state index in [9.17, 15) is 0 Å². The molecule has 3 nitrogen and oxygen atoms in total. The summed E-state index contributed by atoms with van der Waals surface area (Å²) in [5.41, 5.74) is 0.192. The normalized spacial score (nSPS) is 26.1. The summed E-state index contributed by atoms with van der Waals surface area (Å²) >= 11 is 1.82. The lowest BCUT2D eigenvalue weighted by molar-refractivity contribution is -0.0979. The van der Waals surface area contributed by atoms with Crippen LogP contribution >= 0.6 is 11.3 Å². The molecule has 1 aliphatic carbocycles. The van der Waals surface area contributed by atoms with Gasteiger partial charge in [-0.25, -0.2) is 0 Å². The molecule has 0 radical (unpaired) electrons. The minimum Gasteiger partial charge on any atom is -0.496 e. The Hall–Kier alpha value is -0.580. The molecule has 0 aromatic carbocycles. The highest BCUT2D eigenvalue weighted by Gasteiger charge is 2.42. The molecule has 1 saturated heterocycles. The van der Waals surface area contributed by atoms with Crippen molar-refractivity contribution in [1.82, 2.24) is 5.32 Å². The van der Waals surface area contributed by atoms with Crippen molar-refractivity contribution < 1.29 is 9.47 Å². The average molecular weight is 309 g/mol. The largest absolute Gasteiger partial charge is 0.496 e. The highest BCUT2D eigenvalue weighted by Crippen LogP contribution is 2.46. The first-order valence-corrected chi connectivity index (χ1v) is 9.14. The molecule has 2 atom stereocenters. The minimum atomic E-state index is 0.192. The number of ether oxygens (including phenoxy) is 2. The fourth-order valence-electron chi connectivity index (χ4n) is 4.04. The van der Waals surface area contributed by atoms with Crippen molar-refractivity contribution in [3.63, 3.8) is 0 Å². The van der Waals surface area contributed by atoms with E-state index < -0.39 is 0 Å². The Balaban J connectivity index is 1.76. The zero-order valence-electron chi connectivity index (χ0n) is 13.2. The predicted octanol–water partition coefficient (Wildman–Crippen LogP) is 4.15. The van der Waals surface area contributed by atoms with Crippen molar-refractivity contribution in [2.75, 3.05) is 20.3 Å². The van der Waals surface area contributed by atoms with E-state index in [-0.39, 0.29) is 5.60 Å². The van der Waals surface area contributed by atoms with Crippen molar-refractivity contribution in [2.45, 2.75) is 57.1 Å². The number of nitrogens with one attached hydrogen (secondary N) is 1. The Bertz CT molecular complexity index is 453. The van der Waals surface area contributed by atoms with Gasteiger partial charge in [-0.1, -0.05) is 19.8 Å². The highest BCUT2D eigenvalue weighted by molar-refractivity contribution is 7.10. The van der Waals surface area contributed by atoms with Gasteiger partial charge in [0, 0.05) is 22.9 Å². The van der Waals surface area contributed by atoms with E-state index in [1.807, 2.05) is 11.3 Å². The lowest BCUT2D eigenvalue weighted by Gasteiger charge is -2.41. The zero-order chi connectivity index (χ0) is 14.7. The van der Waals surface area contributed by atoms with Gasteiger partial charge in [-0.2, -0.15) is 0 Å². The summed E-state index contributed by atoms with van der Waals surface area (Å²) in [6.45, 7) is 4.13. The van der Waals surface area contributed by atoms with Crippen LogP contribution in [0.3, 0.4) is 0 Å². The quantitative estimate of drug-likeness (QED) is 0.886. The Kier molecular flexibility index (Phi) is 4.87. The number of hydrogen-bond donors (Lipinski definition) is 1. The standard InChI is InChI=1S/C17H27NO2S/c1-3-18-16(15-10-14(19-2)12-21-15)13-6-9-20-17(11-13)7-4-5-8-17/h10,12-13,16,18H,3-9,11H2,1-2H3. The second-order valence-electron chi connectivity index (χ2n) is 6.42. The van der Waals surface area contributed by atoms with E-state index in [0.717, 1.165) is 18.9 Å². The van der Waals surface area contributed by atoms with Gasteiger partial charge in [0.2, 0.25) is 0 Å². The van der Waals surface area contributed by atoms with Crippen LogP contribution in [0.1, 0.15) is 56.4 Å². The molecule has 0 bridgehead atoms. The molecule has 1 aliphatic heterocycles. The summed E-state index contributed by atoms with van der Waals surface area (Å²) < 4.78 is 11.6. The third-order valence-electron chi connectivity index (χ3n) is 5.08. The molecule has 2 aliphatic rings. The third-order valence-corrected chi connectivity index (χ3v) is 6.07.